The van der Waals surface area contributed by atoms with Crippen molar-refractivity contribution < 1.29 is 4.39 Å². The Labute approximate surface area is 103 Å². The van der Waals surface area contributed by atoms with Gasteiger partial charge in [0.2, 0.25) is 0 Å². The molecule has 2 aliphatic rings. The monoisotopic (exact) mass is 233 g/mol. The van der Waals surface area contributed by atoms with E-state index in [2.05, 4.69) is 4.90 Å². The van der Waals surface area contributed by atoms with Crippen LogP contribution in [0.1, 0.15) is 37.7 Å². The van der Waals surface area contributed by atoms with Gasteiger partial charge in [0.25, 0.3) is 0 Å². The SMILES string of the molecule is Fc1cccc(CCN2[C@@H]3CCC[C@H]2CC3)c1. The fraction of sp³-hybridized carbons (Fsp3) is 0.600. The zero-order valence-electron chi connectivity index (χ0n) is 10.2. The lowest BCUT2D eigenvalue weighted by atomic mass is 10.0. The molecule has 0 saturated carbocycles. The Morgan fingerprint density at radius 3 is 2.59 bits per heavy atom. The molecule has 2 saturated heterocycles. The molecule has 0 N–H and O–H groups in total. The van der Waals surface area contributed by atoms with Crippen molar-refractivity contribution >= 4 is 0 Å². The molecule has 1 aromatic carbocycles. The van der Waals surface area contributed by atoms with E-state index in [1.165, 1.54) is 38.2 Å². The fourth-order valence-electron chi connectivity index (χ4n) is 3.54. The van der Waals surface area contributed by atoms with Gasteiger partial charge in [0.05, 0.1) is 0 Å². The largest absolute Gasteiger partial charge is 0.297 e. The maximum absolute atomic E-state index is 13.1. The van der Waals surface area contributed by atoms with Crippen molar-refractivity contribution in [1.82, 2.24) is 4.90 Å². The Kier molecular flexibility index (Phi) is 3.15. The quantitative estimate of drug-likeness (QED) is 0.773. The molecule has 2 atom stereocenters. The summed E-state index contributed by atoms with van der Waals surface area (Å²) in [5.41, 5.74) is 1.13. The molecule has 0 amide bonds. The molecule has 3 rings (SSSR count). The lowest BCUT2D eigenvalue weighted by Gasteiger charge is -2.34. The lowest BCUT2D eigenvalue weighted by Crippen LogP contribution is -2.40. The Morgan fingerprint density at radius 1 is 1.12 bits per heavy atom. The first-order valence-corrected chi connectivity index (χ1v) is 6.83. The summed E-state index contributed by atoms with van der Waals surface area (Å²) in [5, 5.41) is 0. The molecule has 2 fully saturated rings. The van der Waals surface area contributed by atoms with Crippen LogP contribution in [-0.4, -0.2) is 23.5 Å². The molecular formula is C15H20FN. The van der Waals surface area contributed by atoms with Gasteiger partial charge in [0, 0.05) is 18.6 Å². The summed E-state index contributed by atoms with van der Waals surface area (Å²) in [6.45, 7) is 1.11. The number of benzene rings is 1. The van der Waals surface area contributed by atoms with E-state index in [1.807, 2.05) is 12.1 Å². The van der Waals surface area contributed by atoms with E-state index in [-0.39, 0.29) is 5.82 Å². The van der Waals surface area contributed by atoms with Gasteiger partial charge in [-0.2, -0.15) is 0 Å². The molecule has 2 heterocycles. The molecule has 92 valence electrons. The first kappa shape index (κ1) is 11.2. The standard InChI is InChI=1S/C15H20FN/c16-13-4-1-3-12(11-13)9-10-17-14-5-2-6-15(17)8-7-14/h1,3-4,11,14-15H,2,5-10H2/t14-,15+. The molecule has 0 aromatic heterocycles. The molecule has 2 aliphatic heterocycles. The zero-order chi connectivity index (χ0) is 11.7. The van der Waals surface area contributed by atoms with Gasteiger partial charge in [-0.25, -0.2) is 4.39 Å². The smallest absolute Gasteiger partial charge is 0.123 e. The average Bonchev–Trinajstić information content (AvgIpc) is 2.56. The van der Waals surface area contributed by atoms with Crippen LogP contribution in [-0.2, 0) is 6.42 Å². The van der Waals surface area contributed by atoms with Gasteiger partial charge < -0.3 is 0 Å². The maximum atomic E-state index is 13.1. The van der Waals surface area contributed by atoms with Crippen LogP contribution < -0.4 is 0 Å². The second-order valence-corrected chi connectivity index (χ2v) is 5.43. The first-order valence-electron chi connectivity index (χ1n) is 6.83. The van der Waals surface area contributed by atoms with Gasteiger partial charge in [0.1, 0.15) is 5.82 Å². The number of fused-ring (bicyclic) bond motifs is 2. The van der Waals surface area contributed by atoms with Gasteiger partial charge in [-0.05, 0) is 49.8 Å². The summed E-state index contributed by atoms with van der Waals surface area (Å²) < 4.78 is 13.1. The van der Waals surface area contributed by atoms with Crippen molar-refractivity contribution in [3.05, 3.63) is 35.6 Å². The average molecular weight is 233 g/mol. The van der Waals surface area contributed by atoms with Crippen LogP contribution in [0.25, 0.3) is 0 Å². The van der Waals surface area contributed by atoms with Crippen LogP contribution in [0, 0.1) is 5.82 Å². The summed E-state index contributed by atoms with van der Waals surface area (Å²) in [7, 11) is 0. The van der Waals surface area contributed by atoms with Crippen LogP contribution in [0.2, 0.25) is 0 Å². The number of rotatable bonds is 3. The fourth-order valence-corrected chi connectivity index (χ4v) is 3.54. The normalized spacial score (nSPS) is 28.5. The molecular weight excluding hydrogens is 213 g/mol. The van der Waals surface area contributed by atoms with Crippen molar-refractivity contribution in [2.45, 2.75) is 50.6 Å². The van der Waals surface area contributed by atoms with E-state index in [1.54, 1.807) is 6.07 Å². The van der Waals surface area contributed by atoms with E-state index < -0.39 is 0 Å². The molecule has 17 heavy (non-hydrogen) atoms. The van der Waals surface area contributed by atoms with Crippen LogP contribution in [0.15, 0.2) is 24.3 Å². The minimum Gasteiger partial charge on any atom is -0.297 e. The predicted octanol–water partition coefficient (Wildman–Crippen LogP) is 3.39. The van der Waals surface area contributed by atoms with Crippen LogP contribution >= 0.6 is 0 Å². The minimum absolute atomic E-state index is 0.107. The van der Waals surface area contributed by atoms with Gasteiger partial charge >= 0.3 is 0 Å². The van der Waals surface area contributed by atoms with E-state index >= 15 is 0 Å². The zero-order valence-corrected chi connectivity index (χ0v) is 10.2. The molecule has 2 heteroatoms. The van der Waals surface area contributed by atoms with Crippen LogP contribution in [0.5, 0.6) is 0 Å². The second kappa shape index (κ2) is 4.77. The Bertz CT molecular complexity index is 374. The minimum atomic E-state index is -0.107. The summed E-state index contributed by atoms with van der Waals surface area (Å²) in [5.74, 6) is -0.107. The molecule has 2 bridgehead atoms. The van der Waals surface area contributed by atoms with E-state index in [0.717, 1.165) is 30.6 Å². The van der Waals surface area contributed by atoms with Gasteiger partial charge in [-0.3, -0.25) is 4.90 Å². The lowest BCUT2D eigenvalue weighted by molar-refractivity contribution is 0.142. The maximum Gasteiger partial charge on any atom is 0.123 e. The Balaban J connectivity index is 1.61. The van der Waals surface area contributed by atoms with Gasteiger partial charge in [0.15, 0.2) is 0 Å². The summed E-state index contributed by atoms with van der Waals surface area (Å²) >= 11 is 0. The van der Waals surface area contributed by atoms with Crippen molar-refractivity contribution in [3.63, 3.8) is 0 Å². The third-order valence-electron chi connectivity index (χ3n) is 4.39. The summed E-state index contributed by atoms with van der Waals surface area (Å²) in [4.78, 5) is 2.68. The van der Waals surface area contributed by atoms with Crippen molar-refractivity contribution in [3.8, 4) is 0 Å². The number of hydrogen-bond acceptors (Lipinski definition) is 1. The van der Waals surface area contributed by atoms with Crippen LogP contribution in [0.3, 0.4) is 0 Å². The van der Waals surface area contributed by atoms with Crippen LogP contribution in [0.4, 0.5) is 4.39 Å². The highest BCUT2D eigenvalue weighted by molar-refractivity contribution is 5.16. The molecule has 1 nitrogen and oxygen atoms in total. The third kappa shape index (κ3) is 2.37. The Hall–Kier alpha value is -0.890. The summed E-state index contributed by atoms with van der Waals surface area (Å²) in [6.07, 6.45) is 7.91. The van der Waals surface area contributed by atoms with Gasteiger partial charge in [-0.1, -0.05) is 18.6 Å². The highest BCUT2D eigenvalue weighted by Crippen LogP contribution is 2.35. The van der Waals surface area contributed by atoms with Crippen molar-refractivity contribution in [2.24, 2.45) is 0 Å². The second-order valence-electron chi connectivity index (χ2n) is 5.43. The molecule has 1 aromatic rings. The Morgan fingerprint density at radius 2 is 1.88 bits per heavy atom. The third-order valence-corrected chi connectivity index (χ3v) is 4.39. The highest BCUT2D eigenvalue weighted by Gasteiger charge is 2.35. The highest BCUT2D eigenvalue weighted by atomic mass is 19.1. The number of hydrogen-bond donors (Lipinski definition) is 0. The molecule has 0 radical (unpaired) electrons. The molecule has 0 unspecified atom stereocenters. The number of halogens is 1. The molecule has 0 spiro atoms. The van der Waals surface area contributed by atoms with Crippen molar-refractivity contribution in [1.29, 1.82) is 0 Å². The topological polar surface area (TPSA) is 3.24 Å². The summed E-state index contributed by atoms with van der Waals surface area (Å²) in [6, 6.07) is 8.69. The molecule has 0 aliphatic carbocycles. The number of piperidine rings is 1. The van der Waals surface area contributed by atoms with Crippen molar-refractivity contribution in [2.75, 3.05) is 6.54 Å². The first-order chi connectivity index (χ1) is 8.33. The van der Waals surface area contributed by atoms with E-state index in [0.29, 0.717) is 0 Å². The predicted molar refractivity (Wildman–Crippen MR) is 67.5 cm³/mol. The van der Waals surface area contributed by atoms with Gasteiger partial charge in [-0.15, -0.1) is 0 Å². The number of nitrogens with zero attached hydrogens (tertiary/aromatic N) is 1. The van der Waals surface area contributed by atoms with E-state index in [4.69, 9.17) is 0 Å². The van der Waals surface area contributed by atoms with E-state index in [9.17, 15) is 4.39 Å².